The van der Waals surface area contributed by atoms with E-state index < -0.39 is 28.5 Å². The number of carboxylic acids is 1. The molecule has 1 amide bonds. The van der Waals surface area contributed by atoms with E-state index in [0.717, 1.165) is 6.42 Å². The summed E-state index contributed by atoms with van der Waals surface area (Å²) in [5.41, 5.74) is 0.345. The zero-order chi connectivity index (χ0) is 20.6. The van der Waals surface area contributed by atoms with Crippen LogP contribution in [0.3, 0.4) is 0 Å². The number of carbonyl (C=O) groups excluding carboxylic acids is 2. The number of hydrogen-bond acceptors (Lipinski definition) is 6. The molecule has 10 heteroatoms. The Morgan fingerprint density at radius 1 is 1.33 bits per heavy atom. The van der Waals surface area contributed by atoms with Gasteiger partial charge in [-0.15, -0.1) is 0 Å². The Balaban J connectivity index is 3.22. The number of anilines is 1. The number of nitrogens with one attached hydrogen (secondary N) is 2. The summed E-state index contributed by atoms with van der Waals surface area (Å²) in [5, 5.41) is 11.3. The third-order valence-electron chi connectivity index (χ3n) is 3.64. The molecule has 0 spiro atoms. The summed E-state index contributed by atoms with van der Waals surface area (Å²) in [6, 6.07) is 2.55. The van der Waals surface area contributed by atoms with Crippen molar-refractivity contribution in [1.29, 1.82) is 0 Å². The molecule has 2 atom stereocenters. The number of carbonyl (C=O) groups is 3. The number of ether oxygens (including phenoxy) is 1. The second-order valence-corrected chi connectivity index (χ2v) is 7.81. The van der Waals surface area contributed by atoms with Crippen molar-refractivity contribution >= 4 is 33.9 Å². The molecule has 0 aromatic heterocycles. The zero-order valence-corrected chi connectivity index (χ0v) is 16.2. The van der Waals surface area contributed by atoms with Crippen LogP contribution in [0.5, 0.6) is 5.75 Å². The lowest BCUT2D eigenvalue weighted by Crippen LogP contribution is -2.37. The number of carboxylic acid groups (broad SMARTS) is 1. The van der Waals surface area contributed by atoms with Gasteiger partial charge in [-0.3, -0.25) is 9.59 Å². The second-order valence-electron chi connectivity index (χ2n) is 6.13. The first-order valence-corrected chi connectivity index (χ1v) is 9.81. The van der Waals surface area contributed by atoms with Crippen molar-refractivity contribution in [2.24, 2.45) is 5.92 Å². The smallest absolute Gasteiger partial charge is 0.305 e. The summed E-state index contributed by atoms with van der Waals surface area (Å²) in [7, 11) is -4.23. The Kier molecular flexibility index (Phi) is 8.38. The third kappa shape index (κ3) is 7.35. The van der Waals surface area contributed by atoms with Gasteiger partial charge in [0.15, 0.2) is 0 Å². The highest BCUT2D eigenvalue weighted by Crippen LogP contribution is 2.28. The van der Waals surface area contributed by atoms with Crippen molar-refractivity contribution in [3.63, 3.8) is 0 Å². The molecule has 27 heavy (non-hydrogen) atoms. The van der Waals surface area contributed by atoms with Crippen LogP contribution in [0.4, 0.5) is 5.69 Å². The predicted octanol–water partition coefficient (Wildman–Crippen LogP) is 1.39. The summed E-state index contributed by atoms with van der Waals surface area (Å²) in [6.07, 6.45) is 0.352. The largest absolute Gasteiger partial charge is 0.492 e. The first-order chi connectivity index (χ1) is 12.6. The SMILES string of the molecule is CCC(C)COc1cc(NC(C)=O)ccc1S(=O)(=O)N[C@H](C=O)CC(=O)O. The fraction of sp³-hybridized carbons (Fsp3) is 0.471. The van der Waals surface area contributed by atoms with Gasteiger partial charge in [0.2, 0.25) is 15.9 Å². The molecule has 0 aliphatic rings. The van der Waals surface area contributed by atoms with E-state index in [1.807, 2.05) is 18.6 Å². The van der Waals surface area contributed by atoms with Crippen LogP contribution < -0.4 is 14.8 Å². The van der Waals surface area contributed by atoms with E-state index in [4.69, 9.17) is 9.84 Å². The van der Waals surface area contributed by atoms with E-state index in [9.17, 15) is 22.8 Å². The maximum atomic E-state index is 12.6. The standard InChI is InChI=1S/C17H24N2O7S/c1-4-11(2)10-26-15-7-13(18-12(3)21)5-6-16(15)27(24,25)19-14(9-20)8-17(22)23/h5-7,9,11,14,19H,4,8,10H2,1-3H3,(H,18,21)(H,22,23)/t11?,14-/m0/s1. The van der Waals surface area contributed by atoms with Gasteiger partial charge in [0.25, 0.3) is 0 Å². The van der Waals surface area contributed by atoms with Gasteiger partial charge in [0.1, 0.15) is 16.9 Å². The normalized spacial score (nSPS) is 13.4. The molecule has 3 N–H and O–H groups in total. The van der Waals surface area contributed by atoms with Crippen LogP contribution in [0, 0.1) is 5.92 Å². The molecule has 1 aromatic carbocycles. The van der Waals surface area contributed by atoms with E-state index in [1.165, 1.54) is 25.1 Å². The van der Waals surface area contributed by atoms with Gasteiger partial charge in [-0.25, -0.2) is 13.1 Å². The van der Waals surface area contributed by atoms with Crippen LogP contribution in [-0.4, -0.2) is 44.3 Å². The van der Waals surface area contributed by atoms with Crippen LogP contribution in [0.2, 0.25) is 0 Å². The first kappa shape index (κ1) is 22.6. The van der Waals surface area contributed by atoms with Crippen molar-refractivity contribution in [1.82, 2.24) is 4.72 Å². The van der Waals surface area contributed by atoms with Gasteiger partial charge in [-0.2, -0.15) is 0 Å². The Morgan fingerprint density at radius 2 is 2.00 bits per heavy atom. The molecule has 0 radical (unpaired) electrons. The Hall–Kier alpha value is -2.46. The van der Waals surface area contributed by atoms with Crippen LogP contribution in [0.15, 0.2) is 23.1 Å². The number of aliphatic carboxylic acids is 1. The van der Waals surface area contributed by atoms with E-state index in [0.29, 0.717) is 5.69 Å². The van der Waals surface area contributed by atoms with Crippen molar-refractivity contribution in [2.45, 2.75) is 44.6 Å². The summed E-state index contributed by atoms with van der Waals surface area (Å²) in [5.74, 6) is -1.50. The van der Waals surface area contributed by atoms with E-state index >= 15 is 0 Å². The number of aldehydes is 1. The summed E-state index contributed by atoms with van der Waals surface area (Å²) in [4.78, 5) is 32.7. The molecule has 1 aromatic rings. The fourth-order valence-corrected chi connectivity index (χ4v) is 3.34. The topological polar surface area (TPSA) is 139 Å². The van der Waals surface area contributed by atoms with E-state index in [1.54, 1.807) is 0 Å². The van der Waals surface area contributed by atoms with Gasteiger partial charge in [0, 0.05) is 18.7 Å². The molecule has 0 saturated carbocycles. The summed E-state index contributed by atoms with van der Waals surface area (Å²) in [6.45, 7) is 5.45. The second kappa shape index (κ2) is 10.0. The average Bonchev–Trinajstić information content (AvgIpc) is 2.57. The highest BCUT2D eigenvalue weighted by Gasteiger charge is 2.25. The van der Waals surface area contributed by atoms with E-state index in [-0.39, 0.29) is 35.4 Å². The fourth-order valence-electron chi connectivity index (χ4n) is 2.04. The molecule has 0 fully saturated rings. The van der Waals surface area contributed by atoms with Crippen LogP contribution in [0.1, 0.15) is 33.6 Å². The first-order valence-electron chi connectivity index (χ1n) is 8.32. The molecule has 0 heterocycles. The highest BCUT2D eigenvalue weighted by atomic mass is 32.2. The average molecular weight is 400 g/mol. The maximum absolute atomic E-state index is 12.6. The van der Waals surface area contributed by atoms with Gasteiger partial charge in [-0.1, -0.05) is 20.3 Å². The Labute approximate surface area is 158 Å². The molecule has 0 aliphatic heterocycles. The van der Waals surface area contributed by atoms with Crippen molar-refractivity contribution in [3.8, 4) is 5.75 Å². The monoisotopic (exact) mass is 400 g/mol. The number of hydrogen-bond donors (Lipinski definition) is 3. The maximum Gasteiger partial charge on any atom is 0.305 e. The van der Waals surface area contributed by atoms with Gasteiger partial charge >= 0.3 is 5.97 Å². The highest BCUT2D eigenvalue weighted by molar-refractivity contribution is 7.89. The Bertz CT molecular complexity index is 792. The van der Waals surface area contributed by atoms with Gasteiger partial charge in [0.05, 0.1) is 19.1 Å². The van der Waals surface area contributed by atoms with Crippen molar-refractivity contribution in [3.05, 3.63) is 18.2 Å². The van der Waals surface area contributed by atoms with Crippen LogP contribution in [0.25, 0.3) is 0 Å². The predicted molar refractivity (Wildman–Crippen MR) is 98.1 cm³/mol. The molecule has 1 unspecified atom stereocenters. The summed E-state index contributed by atoms with van der Waals surface area (Å²) < 4.78 is 32.9. The lowest BCUT2D eigenvalue weighted by Gasteiger charge is -2.17. The van der Waals surface area contributed by atoms with E-state index in [2.05, 4.69) is 5.32 Å². The molecule has 0 aliphatic carbocycles. The molecule has 150 valence electrons. The Morgan fingerprint density at radius 3 is 2.52 bits per heavy atom. The molecule has 0 bridgehead atoms. The van der Waals surface area contributed by atoms with Crippen LogP contribution in [-0.2, 0) is 24.4 Å². The third-order valence-corrected chi connectivity index (χ3v) is 5.17. The molecular formula is C17H24N2O7S. The van der Waals surface area contributed by atoms with Crippen molar-refractivity contribution < 1.29 is 32.6 Å². The minimum absolute atomic E-state index is 0.00553. The van der Waals surface area contributed by atoms with Gasteiger partial charge in [-0.05, 0) is 18.1 Å². The number of amides is 1. The van der Waals surface area contributed by atoms with Gasteiger partial charge < -0.3 is 20.0 Å². The lowest BCUT2D eigenvalue weighted by molar-refractivity contribution is -0.138. The summed E-state index contributed by atoms with van der Waals surface area (Å²) >= 11 is 0. The minimum atomic E-state index is -4.23. The quantitative estimate of drug-likeness (QED) is 0.477. The lowest BCUT2D eigenvalue weighted by atomic mass is 10.1. The number of benzene rings is 1. The molecular weight excluding hydrogens is 376 g/mol. The van der Waals surface area contributed by atoms with Crippen molar-refractivity contribution in [2.75, 3.05) is 11.9 Å². The molecule has 1 rings (SSSR count). The van der Waals surface area contributed by atoms with Crippen LogP contribution >= 0.6 is 0 Å². The minimum Gasteiger partial charge on any atom is -0.492 e. The number of sulfonamides is 1. The number of rotatable bonds is 11. The molecule has 0 saturated heterocycles. The molecule has 9 nitrogen and oxygen atoms in total. The zero-order valence-electron chi connectivity index (χ0n) is 15.4.